The van der Waals surface area contributed by atoms with E-state index in [0.29, 0.717) is 12.5 Å². The zero-order valence-corrected chi connectivity index (χ0v) is 11.6. The van der Waals surface area contributed by atoms with Gasteiger partial charge in [-0.15, -0.1) is 23.4 Å². The van der Waals surface area contributed by atoms with E-state index in [4.69, 9.17) is 16.3 Å². The molecular weight excluding hydrogens is 264 g/mol. The summed E-state index contributed by atoms with van der Waals surface area (Å²) in [6.45, 7) is 0.688. The summed E-state index contributed by atoms with van der Waals surface area (Å²) < 4.78 is 5.74. The van der Waals surface area contributed by atoms with Gasteiger partial charge in [-0.25, -0.2) is 0 Å². The topological polar surface area (TPSA) is 9.23 Å². The van der Waals surface area contributed by atoms with E-state index in [2.05, 4.69) is 12.1 Å². The van der Waals surface area contributed by atoms with E-state index < -0.39 is 0 Å². The van der Waals surface area contributed by atoms with Crippen molar-refractivity contribution in [2.45, 2.75) is 10.8 Å². The van der Waals surface area contributed by atoms with E-state index in [1.165, 1.54) is 4.90 Å². The van der Waals surface area contributed by atoms with Crippen molar-refractivity contribution in [3.63, 3.8) is 0 Å². The van der Waals surface area contributed by atoms with E-state index in [1.807, 2.05) is 42.5 Å². The average Bonchev–Trinajstić information content (AvgIpc) is 2.45. The maximum atomic E-state index is 5.86. The molecule has 0 fully saturated rings. The van der Waals surface area contributed by atoms with Gasteiger partial charge in [-0.05, 0) is 18.2 Å². The maximum absolute atomic E-state index is 5.86. The Balaban J connectivity index is 1.78. The summed E-state index contributed by atoms with van der Waals surface area (Å²) >= 11 is 7.65. The van der Waals surface area contributed by atoms with Gasteiger partial charge in [0.15, 0.2) is 0 Å². The fraction of sp³-hybridized carbons (Fsp3) is 0.200. The second kappa shape index (κ2) is 7.34. The number of benzene rings is 2. The molecule has 0 aromatic heterocycles. The van der Waals surface area contributed by atoms with Gasteiger partial charge in [0.2, 0.25) is 0 Å². The molecule has 1 nitrogen and oxygen atoms in total. The minimum absolute atomic E-state index is 0.488. The van der Waals surface area contributed by atoms with Crippen molar-refractivity contribution in [2.75, 3.05) is 12.4 Å². The Bertz CT molecular complexity index is 473. The van der Waals surface area contributed by atoms with Gasteiger partial charge < -0.3 is 4.74 Å². The Morgan fingerprint density at radius 2 is 1.67 bits per heavy atom. The summed E-state index contributed by atoms with van der Waals surface area (Å²) in [7, 11) is 0. The van der Waals surface area contributed by atoms with E-state index in [1.54, 1.807) is 11.8 Å². The summed E-state index contributed by atoms with van der Waals surface area (Å²) in [5, 5.41) is 0. The first-order chi connectivity index (χ1) is 8.90. The second-order valence-electron chi connectivity index (χ2n) is 3.75. The molecule has 18 heavy (non-hydrogen) atoms. The summed E-state index contributed by atoms with van der Waals surface area (Å²) in [4.78, 5) is 1.27. The molecule has 2 aromatic carbocycles. The largest absolute Gasteiger partial charge is 0.492 e. The van der Waals surface area contributed by atoms with Crippen molar-refractivity contribution >= 4 is 23.4 Å². The van der Waals surface area contributed by atoms with Crippen LogP contribution in [-0.2, 0) is 5.88 Å². The van der Waals surface area contributed by atoms with Crippen molar-refractivity contribution in [3.8, 4) is 5.75 Å². The van der Waals surface area contributed by atoms with Crippen molar-refractivity contribution in [3.05, 3.63) is 60.2 Å². The van der Waals surface area contributed by atoms with Crippen LogP contribution in [0.3, 0.4) is 0 Å². The fourth-order valence-electron chi connectivity index (χ4n) is 1.58. The molecule has 94 valence electrons. The van der Waals surface area contributed by atoms with Gasteiger partial charge in [-0.3, -0.25) is 0 Å². The van der Waals surface area contributed by atoms with Crippen molar-refractivity contribution in [1.82, 2.24) is 0 Å². The maximum Gasteiger partial charge on any atom is 0.123 e. The summed E-state index contributed by atoms with van der Waals surface area (Å²) in [5.74, 6) is 2.31. The zero-order chi connectivity index (χ0) is 12.6. The van der Waals surface area contributed by atoms with Crippen LogP contribution in [0, 0.1) is 0 Å². The third-order valence-corrected chi connectivity index (χ3v) is 3.73. The third-order valence-electron chi connectivity index (χ3n) is 2.47. The van der Waals surface area contributed by atoms with E-state index in [-0.39, 0.29) is 0 Å². The number of hydrogen-bond acceptors (Lipinski definition) is 2. The second-order valence-corrected chi connectivity index (χ2v) is 5.19. The first-order valence-corrected chi connectivity index (χ1v) is 7.36. The number of hydrogen-bond donors (Lipinski definition) is 0. The van der Waals surface area contributed by atoms with Gasteiger partial charge in [0.1, 0.15) is 5.75 Å². The molecule has 0 atom stereocenters. The van der Waals surface area contributed by atoms with Crippen LogP contribution >= 0.6 is 23.4 Å². The highest BCUT2D eigenvalue weighted by Gasteiger charge is 2.01. The Hall–Kier alpha value is -1.12. The van der Waals surface area contributed by atoms with E-state index in [9.17, 15) is 0 Å². The van der Waals surface area contributed by atoms with Crippen LogP contribution < -0.4 is 4.74 Å². The van der Waals surface area contributed by atoms with Crippen LogP contribution in [0.5, 0.6) is 5.75 Å². The molecule has 2 aromatic rings. The monoisotopic (exact) mass is 278 g/mol. The molecular formula is C15H15ClOS. The number of ether oxygens (including phenoxy) is 1. The molecule has 2 rings (SSSR count). The van der Waals surface area contributed by atoms with Crippen LogP contribution in [0.4, 0.5) is 0 Å². The molecule has 0 saturated heterocycles. The molecule has 0 heterocycles. The first kappa shape index (κ1) is 13.3. The standard InChI is InChI=1S/C15H15ClOS/c16-12-13-6-4-5-9-15(13)17-10-11-18-14-7-2-1-3-8-14/h1-9H,10-12H2. The number of alkyl halides is 1. The highest BCUT2D eigenvalue weighted by Crippen LogP contribution is 2.21. The molecule has 0 unspecified atom stereocenters. The third kappa shape index (κ3) is 3.97. The summed E-state index contributed by atoms with van der Waals surface area (Å²) in [6, 6.07) is 18.2. The Morgan fingerprint density at radius 1 is 0.944 bits per heavy atom. The molecule has 0 radical (unpaired) electrons. The van der Waals surface area contributed by atoms with E-state index >= 15 is 0 Å². The molecule has 0 aliphatic rings. The highest BCUT2D eigenvalue weighted by atomic mass is 35.5. The van der Waals surface area contributed by atoms with Gasteiger partial charge >= 0.3 is 0 Å². The normalized spacial score (nSPS) is 10.3. The van der Waals surface area contributed by atoms with Crippen LogP contribution in [0.2, 0.25) is 0 Å². The van der Waals surface area contributed by atoms with Gasteiger partial charge in [-0.1, -0.05) is 36.4 Å². The van der Waals surface area contributed by atoms with Crippen LogP contribution in [0.15, 0.2) is 59.5 Å². The Morgan fingerprint density at radius 3 is 2.44 bits per heavy atom. The van der Waals surface area contributed by atoms with Crippen LogP contribution in [0.1, 0.15) is 5.56 Å². The molecule has 0 aliphatic heterocycles. The minimum Gasteiger partial charge on any atom is -0.492 e. The molecule has 0 bridgehead atoms. The quantitative estimate of drug-likeness (QED) is 0.434. The SMILES string of the molecule is ClCc1ccccc1OCCSc1ccccc1. The summed E-state index contributed by atoms with van der Waals surface area (Å²) in [6.07, 6.45) is 0. The Kier molecular flexibility index (Phi) is 5.43. The molecule has 0 aliphatic carbocycles. The molecule has 0 N–H and O–H groups in total. The predicted molar refractivity (Wildman–Crippen MR) is 78.7 cm³/mol. The molecule has 0 amide bonds. The van der Waals surface area contributed by atoms with Gasteiger partial charge in [-0.2, -0.15) is 0 Å². The smallest absolute Gasteiger partial charge is 0.123 e. The molecule has 0 saturated carbocycles. The summed E-state index contributed by atoms with van der Waals surface area (Å²) in [5.41, 5.74) is 1.05. The average molecular weight is 279 g/mol. The van der Waals surface area contributed by atoms with E-state index in [0.717, 1.165) is 17.1 Å². The Labute approximate surface area is 117 Å². The zero-order valence-electron chi connectivity index (χ0n) is 10.0. The molecule has 0 spiro atoms. The number of halogens is 1. The number of thioether (sulfide) groups is 1. The van der Waals surface area contributed by atoms with Gasteiger partial charge in [0, 0.05) is 16.2 Å². The lowest BCUT2D eigenvalue weighted by Crippen LogP contribution is -2.01. The van der Waals surface area contributed by atoms with Crippen molar-refractivity contribution in [2.24, 2.45) is 0 Å². The minimum atomic E-state index is 0.488. The molecule has 3 heteroatoms. The lowest BCUT2D eigenvalue weighted by atomic mass is 10.2. The highest BCUT2D eigenvalue weighted by molar-refractivity contribution is 7.99. The lowest BCUT2D eigenvalue weighted by Gasteiger charge is -2.09. The predicted octanol–water partition coefficient (Wildman–Crippen LogP) is 4.60. The first-order valence-electron chi connectivity index (χ1n) is 5.84. The lowest BCUT2D eigenvalue weighted by molar-refractivity contribution is 0.341. The van der Waals surface area contributed by atoms with Crippen molar-refractivity contribution in [1.29, 1.82) is 0 Å². The van der Waals surface area contributed by atoms with Crippen LogP contribution in [-0.4, -0.2) is 12.4 Å². The fourth-order valence-corrected chi connectivity index (χ4v) is 2.56. The number of para-hydroxylation sites is 1. The van der Waals surface area contributed by atoms with Gasteiger partial charge in [0.25, 0.3) is 0 Å². The van der Waals surface area contributed by atoms with Gasteiger partial charge in [0.05, 0.1) is 12.5 Å². The van der Waals surface area contributed by atoms with Crippen molar-refractivity contribution < 1.29 is 4.74 Å². The van der Waals surface area contributed by atoms with Crippen LogP contribution in [0.25, 0.3) is 0 Å². The number of rotatable bonds is 6.